The maximum Gasteiger partial charge on any atom is 0.311 e. The third-order valence-corrected chi connectivity index (χ3v) is 5.54. The maximum absolute atomic E-state index is 12.3. The van der Waals surface area contributed by atoms with Crippen LogP contribution in [-0.2, 0) is 14.3 Å². The number of hydrogen-bond donors (Lipinski definition) is 0. The van der Waals surface area contributed by atoms with E-state index in [0.717, 1.165) is 25.7 Å². The molecule has 0 amide bonds. The van der Waals surface area contributed by atoms with E-state index >= 15 is 0 Å². The second-order valence-corrected chi connectivity index (χ2v) is 7.83. The van der Waals surface area contributed by atoms with Crippen molar-refractivity contribution < 1.29 is 14.3 Å². The predicted octanol–water partition coefficient (Wildman–Crippen LogP) is 5.41. The van der Waals surface area contributed by atoms with Gasteiger partial charge in [-0.3, -0.25) is 4.79 Å². The Morgan fingerprint density at radius 3 is 2.22 bits per heavy atom. The molecule has 2 fully saturated rings. The Balaban J connectivity index is 1.41. The van der Waals surface area contributed by atoms with Crippen molar-refractivity contribution in [1.82, 2.24) is 0 Å². The van der Waals surface area contributed by atoms with Gasteiger partial charge < -0.3 is 9.47 Å². The summed E-state index contributed by atoms with van der Waals surface area (Å²) in [6.45, 7) is 4.91. The summed E-state index contributed by atoms with van der Waals surface area (Å²) < 4.78 is 11.1. The minimum Gasteiger partial charge on any atom is -0.465 e. The van der Waals surface area contributed by atoms with Gasteiger partial charge in [0.25, 0.3) is 0 Å². The maximum atomic E-state index is 12.3. The van der Waals surface area contributed by atoms with Crippen LogP contribution >= 0.6 is 0 Å². The molecule has 1 heterocycles. The molecule has 1 aliphatic carbocycles. The third kappa shape index (κ3) is 6.45. The molecule has 0 spiro atoms. The van der Waals surface area contributed by atoms with Crippen molar-refractivity contribution in [2.45, 2.75) is 110 Å². The van der Waals surface area contributed by atoms with Crippen LogP contribution in [0, 0.1) is 5.41 Å². The van der Waals surface area contributed by atoms with Crippen molar-refractivity contribution in [3.63, 3.8) is 0 Å². The highest BCUT2D eigenvalue weighted by molar-refractivity contribution is 5.76. The molecule has 0 aromatic heterocycles. The molecule has 2 aliphatic rings. The molecule has 0 radical (unpaired) electrons. The molecule has 2 rings (SSSR count). The number of hydrogen-bond acceptors (Lipinski definition) is 3. The lowest BCUT2D eigenvalue weighted by molar-refractivity contribution is -0.156. The summed E-state index contributed by atoms with van der Waals surface area (Å²) >= 11 is 0. The van der Waals surface area contributed by atoms with E-state index in [1.807, 2.05) is 6.92 Å². The minimum absolute atomic E-state index is 0.00220. The first kappa shape index (κ1) is 18.8. The molecule has 0 aromatic carbocycles. The van der Waals surface area contributed by atoms with Crippen molar-refractivity contribution in [3.8, 4) is 0 Å². The van der Waals surface area contributed by atoms with Crippen molar-refractivity contribution in [2.75, 3.05) is 6.61 Å². The van der Waals surface area contributed by atoms with Gasteiger partial charge in [-0.15, -0.1) is 0 Å². The van der Waals surface area contributed by atoms with Crippen molar-refractivity contribution in [3.05, 3.63) is 0 Å². The smallest absolute Gasteiger partial charge is 0.311 e. The molecule has 134 valence electrons. The summed E-state index contributed by atoms with van der Waals surface area (Å²) in [5.74, 6) is 0.00220. The van der Waals surface area contributed by atoms with Gasteiger partial charge in [-0.05, 0) is 32.6 Å². The number of esters is 1. The van der Waals surface area contributed by atoms with Gasteiger partial charge in [0.15, 0.2) is 0 Å². The average Bonchev–Trinajstić information content (AvgIpc) is 3.30. The second kappa shape index (κ2) is 9.66. The van der Waals surface area contributed by atoms with Crippen molar-refractivity contribution >= 4 is 5.97 Å². The summed E-state index contributed by atoms with van der Waals surface area (Å²) in [5.41, 5.74) is -0.295. The van der Waals surface area contributed by atoms with Crippen LogP contribution in [0.1, 0.15) is 97.3 Å². The first-order valence-corrected chi connectivity index (χ1v) is 9.98. The Labute approximate surface area is 142 Å². The molecule has 1 aliphatic heterocycles. The van der Waals surface area contributed by atoms with E-state index in [0.29, 0.717) is 18.8 Å². The Kier molecular flexibility index (Phi) is 7.88. The number of ether oxygens (including phenoxy) is 2. The normalized spacial score (nSPS) is 29.1. The summed E-state index contributed by atoms with van der Waals surface area (Å²) in [6.07, 6.45) is 16.6. The Bertz CT molecular complexity index is 355. The number of fused-ring (bicyclic) bond motifs is 1. The lowest BCUT2D eigenvalue weighted by Gasteiger charge is -2.28. The molecule has 0 aromatic rings. The molecule has 3 unspecified atom stereocenters. The lowest BCUT2D eigenvalue weighted by atomic mass is 9.76. The summed E-state index contributed by atoms with van der Waals surface area (Å²) in [7, 11) is 0. The molecule has 1 saturated carbocycles. The number of rotatable bonds is 12. The second-order valence-electron chi connectivity index (χ2n) is 7.83. The van der Waals surface area contributed by atoms with Crippen LogP contribution in [0.3, 0.4) is 0 Å². The molecule has 0 N–H and O–H groups in total. The van der Waals surface area contributed by atoms with E-state index in [2.05, 4.69) is 6.92 Å². The zero-order valence-corrected chi connectivity index (χ0v) is 15.3. The SMILES string of the molecule is CCCCCCCCCCCCOC(=O)C1(C)CCC2OC2C1. The van der Waals surface area contributed by atoms with E-state index < -0.39 is 0 Å². The highest BCUT2D eigenvalue weighted by Crippen LogP contribution is 2.46. The molecular weight excluding hydrogens is 288 g/mol. The summed E-state index contributed by atoms with van der Waals surface area (Å²) in [4.78, 5) is 12.3. The van der Waals surface area contributed by atoms with E-state index in [4.69, 9.17) is 9.47 Å². The highest BCUT2D eigenvalue weighted by Gasteiger charge is 2.52. The number of carbonyl (C=O) groups is 1. The van der Waals surface area contributed by atoms with Crippen LogP contribution in [0.25, 0.3) is 0 Å². The Morgan fingerprint density at radius 2 is 1.61 bits per heavy atom. The van der Waals surface area contributed by atoms with Crippen LogP contribution in [0.2, 0.25) is 0 Å². The molecule has 23 heavy (non-hydrogen) atoms. The minimum atomic E-state index is -0.295. The highest BCUT2D eigenvalue weighted by atomic mass is 16.6. The van der Waals surface area contributed by atoms with Gasteiger partial charge in [0, 0.05) is 0 Å². The zero-order valence-electron chi connectivity index (χ0n) is 15.3. The van der Waals surface area contributed by atoms with Crippen LogP contribution in [-0.4, -0.2) is 24.8 Å². The average molecular weight is 325 g/mol. The van der Waals surface area contributed by atoms with Gasteiger partial charge in [-0.25, -0.2) is 0 Å². The van der Waals surface area contributed by atoms with Crippen molar-refractivity contribution in [2.24, 2.45) is 5.41 Å². The number of carbonyl (C=O) groups excluding carboxylic acids is 1. The Hall–Kier alpha value is -0.570. The molecule has 3 nitrogen and oxygen atoms in total. The number of epoxide rings is 1. The van der Waals surface area contributed by atoms with Gasteiger partial charge in [0.1, 0.15) is 0 Å². The topological polar surface area (TPSA) is 38.8 Å². The molecule has 3 atom stereocenters. The van der Waals surface area contributed by atoms with Gasteiger partial charge in [0.05, 0.1) is 24.2 Å². The lowest BCUT2D eigenvalue weighted by Crippen LogP contribution is -2.35. The zero-order chi connectivity index (χ0) is 16.5. The van der Waals surface area contributed by atoms with Crippen molar-refractivity contribution in [1.29, 1.82) is 0 Å². The van der Waals surface area contributed by atoms with Crippen LogP contribution in [0.15, 0.2) is 0 Å². The Morgan fingerprint density at radius 1 is 1.00 bits per heavy atom. The third-order valence-electron chi connectivity index (χ3n) is 5.54. The summed E-state index contributed by atoms with van der Waals surface area (Å²) in [5, 5.41) is 0. The fraction of sp³-hybridized carbons (Fsp3) is 0.950. The van der Waals surface area contributed by atoms with Gasteiger partial charge in [0.2, 0.25) is 0 Å². The predicted molar refractivity (Wildman–Crippen MR) is 93.4 cm³/mol. The number of unbranched alkanes of at least 4 members (excludes halogenated alkanes) is 9. The first-order chi connectivity index (χ1) is 11.2. The van der Waals surface area contributed by atoms with Gasteiger partial charge in [-0.1, -0.05) is 64.7 Å². The van der Waals surface area contributed by atoms with Crippen LogP contribution < -0.4 is 0 Å². The van der Waals surface area contributed by atoms with E-state index in [1.165, 1.54) is 57.8 Å². The van der Waals surface area contributed by atoms with E-state index in [-0.39, 0.29) is 11.4 Å². The quantitative estimate of drug-likeness (QED) is 0.274. The van der Waals surface area contributed by atoms with E-state index in [1.54, 1.807) is 0 Å². The first-order valence-electron chi connectivity index (χ1n) is 9.98. The van der Waals surface area contributed by atoms with Gasteiger partial charge in [-0.2, -0.15) is 0 Å². The summed E-state index contributed by atoms with van der Waals surface area (Å²) in [6, 6.07) is 0. The standard InChI is InChI=1S/C20H36O3/c1-3-4-5-6-7-8-9-10-11-12-15-22-19(21)20(2)14-13-17-18(16-20)23-17/h17-18H,3-16H2,1-2H3. The molecule has 3 heteroatoms. The van der Waals surface area contributed by atoms with Crippen LogP contribution in [0.4, 0.5) is 0 Å². The fourth-order valence-corrected chi connectivity index (χ4v) is 3.73. The van der Waals surface area contributed by atoms with Crippen LogP contribution in [0.5, 0.6) is 0 Å². The monoisotopic (exact) mass is 324 g/mol. The molecule has 0 bridgehead atoms. The van der Waals surface area contributed by atoms with Gasteiger partial charge >= 0.3 is 5.97 Å². The molecular formula is C20H36O3. The van der Waals surface area contributed by atoms with E-state index in [9.17, 15) is 4.79 Å². The largest absolute Gasteiger partial charge is 0.465 e. The molecule has 1 saturated heterocycles. The fourth-order valence-electron chi connectivity index (χ4n) is 3.73.